The predicted octanol–water partition coefficient (Wildman–Crippen LogP) is 1.86. The summed E-state index contributed by atoms with van der Waals surface area (Å²) in [5.41, 5.74) is 0. The molecule has 0 saturated carbocycles. The first-order valence-electron chi connectivity index (χ1n) is 8.52. The van der Waals surface area contributed by atoms with Crippen LogP contribution in [0, 0.1) is 17.6 Å². The van der Waals surface area contributed by atoms with Gasteiger partial charge in [0.25, 0.3) is 0 Å². The molecule has 9 heteroatoms. The molecule has 0 bridgehead atoms. The number of halogens is 2. The van der Waals surface area contributed by atoms with Crippen LogP contribution < -0.4 is 0 Å². The molecule has 0 unspecified atom stereocenters. The van der Waals surface area contributed by atoms with Gasteiger partial charge >= 0.3 is 0 Å². The van der Waals surface area contributed by atoms with E-state index in [0.717, 1.165) is 16.4 Å². The van der Waals surface area contributed by atoms with Gasteiger partial charge in [0, 0.05) is 38.9 Å². The molecule has 0 N–H and O–H groups in total. The lowest BCUT2D eigenvalue weighted by atomic mass is 10.2. The minimum atomic E-state index is -4.06. The molecule has 0 atom stereocenters. The maximum Gasteiger partial charge on any atom is 0.246 e. The fourth-order valence-electron chi connectivity index (χ4n) is 2.64. The fraction of sp³-hybridized carbons (Fsp3) is 0.588. The van der Waals surface area contributed by atoms with E-state index in [2.05, 4.69) is 0 Å². The number of rotatable bonds is 7. The first-order chi connectivity index (χ1) is 12.2. The molecule has 1 heterocycles. The molecule has 1 aliphatic rings. The van der Waals surface area contributed by atoms with Gasteiger partial charge in [0.2, 0.25) is 15.9 Å². The monoisotopic (exact) mass is 390 g/mol. The van der Waals surface area contributed by atoms with Crippen molar-refractivity contribution in [2.24, 2.45) is 5.92 Å². The lowest BCUT2D eigenvalue weighted by molar-refractivity contribution is -0.133. The minimum Gasteiger partial charge on any atom is -0.381 e. The largest absolute Gasteiger partial charge is 0.381 e. The molecule has 0 radical (unpaired) electrons. The SMILES string of the molecule is CC(C)COCCC(=O)N1CCN(S(=O)(=O)c2ccc(F)cc2F)CC1. The van der Waals surface area contributed by atoms with Crippen LogP contribution in [0.15, 0.2) is 23.1 Å². The number of hydrogen-bond donors (Lipinski definition) is 0. The summed E-state index contributed by atoms with van der Waals surface area (Å²) in [7, 11) is -4.06. The van der Waals surface area contributed by atoms with Crippen molar-refractivity contribution in [2.75, 3.05) is 39.4 Å². The van der Waals surface area contributed by atoms with Gasteiger partial charge in [-0.15, -0.1) is 0 Å². The maximum absolute atomic E-state index is 13.8. The molecule has 1 aromatic rings. The molecule has 0 aromatic heterocycles. The zero-order valence-corrected chi connectivity index (χ0v) is 15.8. The third-order valence-corrected chi connectivity index (χ3v) is 5.95. The van der Waals surface area contributed by atoms with Crippen molar-refractivity contribution in [3.05, 3.63) is 29.8 Å². The number of piperazine rings is 1. The lowest BCUT2D eigenvalue weighted by Crippen LogP contribution is -2.50. The van der Waals surface area contributed by atoms with Crippen LogP contribution in [0.3, 0.4) is 0 Å². The Morgan fingerprint density at radius 2 is 1.85 bits per heavy atom. The average Bonchev–Trinajstić information content (AvgIpc) is 2.58. The van der Waals surface area contributed by atoms with E-state index in [0.29, 0.717) is 25.2 Å². The number of hydrogen-bond acceptors (Lipinski definition) is 4. The van der Waals surface area contributed by atoms with E-state index in [1.807, 2.05) is 13.8 Å². The van der Waals surface area contributed by atoms with E-state index in [1.54, 1.807) is 4.90 Å². The number of sulfonamides is 1. The Hall–Kier alpha value is -1.58. The molecular formula is C17H24F2N2O4S. The van der Waals surface area contributed by atoms with Gasteiger partial charge in [0.15, 0.2) is 0 Å². The third-order valence-electron chi connectivity index (χ3n) is 4.01. The van der Waals surface area contributed by atoms with Crippen LogP contribution in [0.2, 0.25) is 0 Å². The van der Waals surface area contributed by atoms with E-state index in [-0.39, 0.29) is 38.5 Å². The number of carbonyl (C=O) groups excluding carboxylic acids is 1. The Morgan fingerprint density at radius 1 is 1.19 bits per heavy atom. The fourth-order valence-corrected chi connectivity index (χ4v) is 4.11. The average molecular weight is 390 g/mol. The van der Waals surface area contributed by atoms with E-state index >= 15 is 0 Å². The van der Waals surface area contributed by atoms with Crippen LogP contribution >= 0.6 is 0 Å². The van der Waals surface area contributed by atoms with Crippen molar-refractivity contribution >= 4 is 15.9 Å². The van der Waals surface area contributed by atoms with Crippen LogP contribution in [0.25, 0.3) is 0 Å². The number of amides is 1. The van der Waals surface area contributed by atoms with Crippen LogP contribution in [-0.4, -0.2) is 62.9 Å². The quantitative estimate of drug-likeness (QED) is 0.667. The summed E-state index contributed by atoms with van der Waals surface area (Å²) in [4.78, 5) is 13.2. The highest BCUT2D eigenvalue weighted by Crippen LogP contribution is 2.21. The Labute approximate surface area is 152 Å². The van der Waals surface area contributed by atoms with Gasteiger partial charge in [0.05, 0.1) is 13.0 Å². The van der Waals surface area contributed by atoms with Crippen LogP contribution in [0.1, 0.15) is 20.3 Å². The van der Waals surface area contributed by atoms with Crippen molar-refractivity contribution in [1.82, 2.24) is 9.21 Å². The maximum atomic E-state index is 13.8. The van der Waals surface area contributed by atoms with Crippen molar-refractivity contribution in [3.63, 3.8) is 0 Å². The number of nitrogens with zero attached hydrogens (tertiary/aromatic N) is 2. The molecule has 2 rings (SSSR count). The van der Waals surface area contributed by atoms with E-state index in [4.69, 9.17) is 4.74 Å². The molecule has 0 aliphatic carbocycles. The third kappa shape index (κ3) is 5.21. The summed E-state index contributed by atoms with van der Waals surface area (Å²) in [6.07, 6.45) is 0.242. The molecular weight excluding hydrogens is 366 g/mol. The first kappa shape index (κ1) is 20.7. The molecule has 6 nitrogen and oxygen atoms in total. The summed E-state index contributed by atoms with van der Waals surface area (Å²) in [5.74, 6) is -1.66. The second kappa shape index (κ2) is 8.88. The standard InChI is InChI=1S/C17H24F2N2O4S/c1-13(2)12-25-10-5-17(22)20-6-8-21(9-7-20)26(23,24)16-4-3-14(18)11-15(16)19/h3-4,11,13H,5-10,12H2,1-2H3. The number of carbonyl (C=O) groups is 1. The topological polar surface area (TPSA) is 66.9 Å². The molecule has 146 valence electrons. The van der Waals surface area contributed by atoms with E-state index in [1.165, 1.54) is 0 Å². The smallest absolute Gasteiger partial charge is 0.246 e. The highest BCUT2D eigenvalue weighted by molar-refractivity contribution is 7.89. The van der Waals surface area contributed by atoms with Gasteiger partial charge in [-0.1, -0.05) is 13.8 Å². The van der Waals surface area contributed by atoms with Crippen LogP contribution in [0.4, 0.5) is 8.78 Å². The molecule has 0 spiro atoms. The van der Waals surface area contributed by atoms with Gasteiger partial charge in [-0.3, -0.25) is 4.79 Å². The van der Waals surface area contributed by atoms with E-state index < -0.39 is 26.6 Å². The van der Waals surface area contributed by atoms with Crippen LogP contribution in [-0.2, 0) is 19.6 Å². The zero-order valence-electron chi connectivity index (χ0n) is 15.0. The van der Waals surface area contributed by atoms with Gasteiger partial charge in [0.1, 0.15) is 16.5 Å². The lowest BCUT2D eigenvalue weighted by Gasteiger charge is -2.34. The highest BCUT2D eigenvalue weighted by Gasteiger charge is 2.31. The molecule has 1 amide bonds. The second-order valence-electron chi connectivity index (χ2n) is 6.58. The van der Waals surface area contributed by atoms with Crippen molar-refractivity contribution in [1.29, 1.82) is 0 Å². The van der Waals surface area contributed by atoms with Crippen LogP contribution in [0.5, 0.6) is 0 Å². The molecule has 26 heavy (non-hydrogen) atoms. The van der Waals surface area contributed by atoms with Gasteiger partial charge in [-0.2, -0.15) is 4.31 Å². The molecule has 1 aromatic carbocycles. The zero-order chi connectivity index (χ0) is 19.3. The highest BCUT2D eigenvalue weighted by atomic mass is 32.2. The van der Waals surface area contributed by atoms with Crippen molar-refractivity contribution < 1.29 is 26.7 Å². The normalized spacial score (nSPS) is 16.3. The summed E-state index contributed by atoms with van der Waals surface area (Å²) in [6.45, 7) is 5.54. The number of benzene rings is 1. The predicted molar refractivity (Wildman–Crippen MR) is 92.0 cm³/mol. The van der Waals surface area contributed by atoms with Gasteiger partial charge in [-0.05, 0) is 18.1 Å². The van der Waals surface area contributed by atoms with Crippen molar-refractivity contribution in [2.45, 2.75) is 25.2 Å². The van der Waals surface area contributed by atoms with Crippen molar-refractivity contribution in [3.8, 4) is 0 Å². The number of ether oxygens (including phenoxy) is 1. The molecule has 1 saturated heterocycles. The second-order valence-corrected chi connectivity index (χ2v) is 8.48. The molecule has 1 fully saturated rings. The van der Waals surface area contributed by atoms with E-state index in [9.17, 15) is 22.0 Å². The summed E-state index contributed by atoms with van der Waals surface area (Å²) < 4.78 is 58.3. The Bertz CT molecular complexity index is 732. The minimum absolute atomic E-state index is 0.0672. The molecule has 1 aliphatic heterocycles. The van der Waals surface area contributed by atoms with Gasteiger partial charge < -0.3 is 9.64 Å². The first-order valence-corrected chi connectivity index (χ1v) is 9.96. The summed E-state index contributed by atoms with van der Waals surface area (Å²) >= 11 is 0. The summed E-state index contributed by atoms with van der Waals surface area (Å²) in [5, 5.41) is 0. The Morgan fingerprint density at radius 3 is 2.42 bits per heavy atom. The summed E-state index contributed by atoms with van der Waals surface area (Å²) in [6, 6.07) is 2.38. The van der Waals surface area contributed by atoms with Gasteiger partial charge in [-0.25, -0.2) is 17.2 Å². The Balaban J connectivity index is 1.90. The Kier molecular flexibility index (Phi) is 7.08.